The topological polar surface area (TPSA) is 24.1 Å². The second-order valence-electron chi connectivity index (χ2n) is 7.20. The molecule has 1 rings (SSSR count). The average Bonchev–Trinajstić information content (AvgIpc) is 3.07. The Hall–Kier alpha value is -0.380. The summed E-state index contributed by atoms with van der Waals surface area (Å²) < 4.78 is 0. The SMILES string of the molecule is CCCNCCCCCCCCc1ccc(CCCCNCCC)s1. The normalized spacial score (nSPS) is 11.3. The molecule has 1 heterocycles. The zero-order valence-electron chi connectivity index (χ0n) is 16.9. The van der Waals surface area contributed by atoms with Gasteiger partial charge in [-0.25, -0.2) is 0 Å². The Labute approximate surface area is 161 Å². The van der Waals surface area contributed by atoms with Crippen molar-refractivity contribution < 1.29 is 0 Å². The summed E-state index contributed by atoms with van der Waals surface area (Å²) in [6.45, 7) is 9.20. The Kier molecular flexibility index (Phi) is 15.5. The average molecular weight is 367 g/mol. The molecule has 0 amide bonds. The molecule has 0 aliphatic carbocycles. The molecule has 146 valence electrons. The van der Waals surface area contributed by atoms with E-state index in [1.165, 1.54) is 103 Å². The molecule has 1 aromatic rings. The van der Waals surface area contributed by atoms with Crippen molar-refractivity contribution in [3.05, 3.63) is 21.9 Å². The van der Waals surface area contributed by atoms with Gasteiger partial charge in [0.25, 0.3) is 0 Å². The molecule has 25 heavy (non-hydrogen) atoms. The van der Waals surface area contributed by atoms with Crippen LogP contribution in [-0.4, -0.2) is 26.2 Å². The molecule has 1 aromatic heterocycles. The van der Waals surface area contributed by atoms with Gasteiger partial charge in [0.1, 0.15) is 0 Å². The summed E-state index contributed by atoms with van der Waals surface area (Å²) in [6, 6.07) is 4.73. The highest BCUT2D eigenvalue weighted by atomic mass is 32.1. The van der Waals surface area contributed by atoms with Gasteiger partial charge in [0.15, 0.2) is 0 Å². The van der Waals surface area contributed by atoms with Gasteiger partial charge in [0, 0.05) is 9.75 Å². The number of thiophene rings is 1. The molecule has 0 bridgehead atoms. The molecule has 0 aliphatic rings. The summed E-state index contributed by atoms with van der Waals surface area (Å²) in [6.07, 6.45) is 16.0. The van der Waals surface area contributed by atoms with Gasteiger partial charge >= 0.3 is 0 Å². The van der Waals surface area contributed by atoms with Crippen molar-refractivity contribution in [1.82, 2.24) is 10.6 Å². The van der Waals surface area contributed by atoms with Crippen molar-refractivity contribution in [3.8, 4) is 0 Å². The molecule has 2 N–H and O–H groups in total. The van der Waals surface area contributed by atoms with Gasteiger partial charge in [-0.3, -0.25) is 0 Å². The summed E-state index contributed by atoms with van der Waals surface area (Å²) >= 11 is 2.05. The number of nitrogens with one attached hydrogen (secondary N) is 2. The predicted octanol–water partition coefficient (Wildman–Crippen LogP) is 5.95. The minimum absolute atomic E-state index is 1.17. The van der Waals surface area contributed by atoms with E-state index in [4.69, 9.17) is 0 Å². The van der Waals surface area contributed by atoms with Crippen molar-refractivity contribution >= 4 is 11.3 Å². The van der Waals surface area contributed by atoms with E-state index in [2.05, 4.69) is 48.0 Å². The minimum atomic E-state index is 1.17. The summed E-state index contributed by atoms with van der Waals surface area (Å²) in [5.74, 6) is 0. The third-order valence-electron chi connectivity index (χ3n) is 4.62. The highest BCUT2D eigenvalue weighted by molar-refractivity contribution is 7.11. The molecule has 2 nitrogen and oxygen atoms in total. The highest BCUT2D eigenvalue weighted by Gasteiger charge is 2.01. The second-order valence-corrected chi connectivity index (χ2v) is 8.45. The van der Waals surface area contributed by atoms with Crippen LogP contribution >= 0.6 is 11.3 Å². The van der Waals surface area contributed by atoms with Crippen LogP contribution in [0.2, 0.25) is 0 Å². The maximum absolute atomic E-state index is 3.49. The predicted molar refractivity (Wildman–Crippen MR) is 115 cm³/mol. The zero-order chi connectivity index (χ0) is 18.0. The number of hydrogen-bond donors (Lipinski definition) is 2. The Morgan fingerprint density at radius 3 is 1.60 bits per heavy atom. The number of rotatable bonds is 18. The first-order valence-electron chi connectivity index (χ1n) is 10.9. The maximum Gasteiger partial charge on any atom is 0.00481 e. The molecule has 0 saturated carbocycles. The fourth-order valence-electron chi connectivity index (χ4n) is 3.10. The third-order valence-corrected chi connectivity index (χ3v) is 5.83. The fraction of sp³-hybridized carbons (Fsp3) is 0.818. The molecule has 0 saturated heterocycles. The Morgan fingerprint density at radius 2 is 1.04 bits per heavy atom. The standard InChI is InChI=1S/C22H42N2S/c1-3-17-23-19-11-8-6-5-7-9-13-21-15-16-22(25-21)14-10-12-20-24-18-4-2/h15-16,23-24H,3-14,17-20H2,1-2H3. The molecule has 0 spiro atoms. The van der Waals surface area contributed by atoms with E-state index in [1.807, 2.05) is 0 Å². The van der Waals surface area contributed by atoms with Gasteiger partial charge in [-0.15, -0.1) is 11.3 Å². The van der Waals surface area contributed by atoms with Crippen LogP contribution < -0.4 is 10.6 Å². The van der Waals surface area contributed by atoms with Gasteiger partial charge in [0.05, 0.1) is 0 Å². The van der Waals surface area contributed by atoms with Crippen LogP contribution in [0.15, 0.2) is 12.1 Å². The molecule has 3 heteroatoms. The quantitative estimate of drug-likeness (QED) is 0.314. The summed E-state index contributed by atoms with van der Waals surface area (Å²) in [7, 11) is 0. The van der Waals surface area contributed by atoms with Gasteiger partial charge in [0.2, 0.25) is 0 Å². The van der Waals surface area contributed by atoms with Gasteiger partial charge in [-0.2, -0.15) is 0 Å². The Morgan fingerprint density at radius 1 is 0.600 bits per heavy atom. The van der Waals surface area contributed by atoms with Crippen molar-refractivity contribution in [2.24, 2.45) is 0 Å². The van der Waals surface area contributed by atoms with Crippen LogP contribution in [0.1, 0.15) is 87.8 Å². The van der Waals surface area contributed by atoms with E-state index in [0.29, 0.717) is 0 Å². The molecule has 0 aromatic carbocycles. The molecular formula is C22H42N2S. The van der Waals surface area contributed by atoms with Gasteiger partial charge in [-0.05, 0) is 89.7 Å². The molecule has 0 fully saturated rings. The third kappa shape index (κ3) is 13.5. The molecule has 0 atom stereocenters. The van der Waals surface area contributed by atoms with E-state index in [0.717, 1.165) is 0 Å². The van der Waals surface area contributed by atoms with E-state index in [-0.39, 0.29) is 0 Å². The lowest BCUT2D eigenvalue weighted by molar-refractivity contribution is 0.564. The number of aryl methyl sites for hydroxylation is 2. The fourth-order valence-corrected chi connectivity index (χ4v) is 4.20. The minimum Gasteiger partial charge on any atom is -0.317 e. The lowest BCUT2D eigenvalue weighted by atomic mass is 10.1. The van der Waals surface area contributed by atoms with Crippen LogP contribution in [0, 0.1) is 0 Å². The van der Waals surface area contributed by atoms with Crippen LogP contribution in [0.25, 0.3) is 0 Å². The lowest BCUT2D eigenvalue weighted by Crippen LogP contribution is -2.15. The molecule has 0 unspecified atom stereocenters. The van der Waals surface area contributed by atoms with E-state index < -0.39 is 0 Å². The van der Waals surface area contributed by atoms with E-state index >= 15 is 0 Å². The largest absolute Gasteiger partial charge is 0.317 e. The Bertz CT molecular complexity index is 389. The number of hydrogen-bond acceptors (Lipinski definition) is 3. The van der Waals surface area contributed by atoms with Gasteiger partial charge < -0.3 is 10.6 Å². The van der Waals surface area contributed by atoms with E-state index in [1.54, 1.807) is 9.75 Å². The van der Waals surface area contributed by atoms with Crippen molar-refractivity contribution in [2.75, 3.05) is 26.2 Å². The van der Waals surface area contributed by atoms with Crippen molar-refractivity contribution in [3.63, 3.8) is 0 Å². The highest BCUT2D eigenvalue weighted by Crippen LogP contribution is 2.21. The van der Waals surface area contributed by atoms with Crippen molar-refractivity contribution in [2.45, 2.75) is 90.9 Å². The van der Waals surface area contributed by atoms with Gasteiger partial charge in [-0.1, -0.05) is 39.5 Å². The van der Waals surface area contributed by atoms with Crippen LogP contribution in [-0.2, 0) is 12.8 Å². The maximum atomic E-state index is 3.49. The first-order chi connectivity index (χ1) is 12.4. The zero-order valence-corrected chi connectivity index (χ0v) is 17.7. The lowest BCUT2D eigenvalue weighted by Gasteiger charge is -2.03. The second kappa shape index (κ2) is 17.1. The molecule has 0 aliphatic heterocycles. The van der Waals surface area contributed by atoms with Crippen LogP contribution in [0.4, 0.5) is 0 Å². The van der Waals surface area contributed by atoms with Crippen LogP contribution in [0.3, 0.4) is 0 Å². The number of unbranched alkanes of at least 4 members (excludes halogenated alkanes) is 6. The summed E-state index contributed by atoms with van der Waals surface area (Å²) in [4.78, 5) is 3.19. The van der Waals surface area contributed by atoms with Crippen LogP contribution in [0.5, 0.6) is 0 Å². The summed E-state index contributed by atoms with van der Waals surface area (Å²) in [5, 5.41) is 6.97. The first kappa shape index (κ1) is 22.7. The molecule has 0 radical (unpaired) electrons. The monoisotopic (exact) mass is 366 g/mol. The summed E-state index contributed by atoms with van der Waals surface area (Å²) in [5.41, 5.74) is 0. The smallest absolute Gasteiger partial charge is 0.00481 e. The molecular weight excluding hydrogens is 324 g/mol. The Balaban J connectivity index is 1.92. The van der Waals surface area contributed by atoms with Crippen molar-refractivity contribution in [1.29, 1.82) is 0 Å². The van der Waals surface area contributed by atoms with E-state index in [9.17, 15) is 0 Å². The first-order valence-corrected chi connectivity index (χ1v) is 11.7.